The minimum atomic E-state index is -1.75. The number of carboxylic acid groups (broad SMARTS) is 2. The average molecular weight is 360 g/mol. The summed E-state index contributed by atoms with van der Waals surface area (Å²) in [7, 11) is 0. The van der Waals surface area contributed by atoms with E-state index in [9.17, 15) is 9.59 Å². The van der Waals surface area contributed by atoms with Gasteiger partial charge < -0.3 is 56.2 Å². The molecule has 21 heavy (non-hydrogen) atoms. The van der Waals surface area contributed by atoms with E-state index in [0.29, 0.717) is 0 Å². The van der Waals surface area contributed by atoms with Gasteiger partial charge in [-0.15, -0.1) is 0 Å². The largest absolute Gasteiger partial charge is 3.00 e. The maximum atomic E-state index is 9.64. The van der Waals surface area contributed by atoms with Crippen molar-refractivity contribution >= 4 is 11.9 Å². The molecule has 0 unspecified atom stereocenters. The molecule has 0 atom stereocenters. The van der Waals surface area contributed by atoms with Crippen LogP contribution in [0.2, 0.25) is 0 Å². The van der Waals surface area contributed by atoms with Gasteiger partial charge in [0.1, 0.15) is 0 Å². The molecule has 0 saturated carbocycles. The smallest absolute Gasteiger partial charge is 0.481 e. The number of rotatable bonds is 3. The fourth-order valence-electron chi connectivity index (χ4n) is 0.214. The van der Waals surface area contributed by atoms with Crippen molar-refractivity contribution in [2.24, 2.45) is 0 Å². The topological polar surface area (TPSA) is 273 Å². The molecule has 17 heteroatoms. The number of nitrogens with zero attached hydrogens (tertiary/aromatic N) is 3. The summed E-state index contributed by atoms with van der Waals surface area (Å²) in [6.07, 6.45) is -0.593. The fraction of sp³-hybridized carbons (Fsp3) is 0.500. The molecule has 0 aromatic heterocycles. The van der Waals surface area contributed by atoms with E-state index in [0.717, 1.165) is 0 Å². The van der Waals surface area contributed by atoms with Crippen LogP contribution in [0, 0.1) is 46.0 Å². The van der Waals surface area contributed by atoms with Crippen LogP contribution < -0.4 is 0 Å². The summed E-state index contributed by atoms with van der Waals surface area (Å²) in [6, 6.07) is 0. The van der Waals surface area contributed by atoms with Crippen LogP contribution in [0.1, 0.15) is 12.8 Å². The SMILES string of the molecule is O=C(O)CCC(=O)O.O=[N+]([O-])[O-].O=[N+]([O-])[O-].O=[N+]([O-])[O-].[Fe+3]. The van der Waals surface area contributed by atoms with E-state index < -0.39 is 27.2 Å². The van der Waals surface area contributed by atoms with Crippen molar-refractivity contribution in [1.29, 1.82) is 0 Å². The second-order valence-corrected chi connectivity index (χ2v) is 1.96. The first-order chi connectivity index (χ1) is 8.82. The minimum absolute atomic E-state index is 0. The van der Waals surface area contributed by atoms with Crippen LogP contribution in [0.3, 0.4) is 0 Å². The Kier molecular flexibility index (Phi) is 32.7. The van der Waals surface area contributed by atoms with Crippen molar-refractivity contribution in [2.45, 2.75) is 12.8 Å². The van der Waals surface area contributed by atoms with E-state index in [2.05, 4.69) is 0 Å². The van der Waals surface area contributed by atoms with Crippen LogP contribution in [0.4, 0.5) is 0 Å². The third-order valence-corrected chi connectivity index (χ3v) is 0.553. The van der Waals surface area contributed by atoms with Crippen LogP contribution in [-0.4, -0.2) is 37.4 Å². The zero-order valence-corrected chi connectivity index (χ0v) is 10.6. The molecule has 0 rings (SSSR count). The average Bonchev–Trinajstić information content (AvgIpc) is 2.11. The number of hydrogen-bond donors (Lipinski definition) is 2. The Morgan fingerprint density at radius 1 is 0.667 bits per heavy atom. The van der Waals surface area contributed by atoms with Crippen LogP contribution in [0.15, 0.2) is 0 Å². The maximum Gasteiger partial charge on any atom is 3.00 e. The molecule has 0 saturated heterocycles. The standard InChI is InChI=1S/C4H6O4.Fe.3NO3/c5-3(6)1-2-4(7)8;;3*2-1(3)4/h1-2H2,(H,5,6)(H,7,8);;;;/q;+3;3*-1. The molecule has 0 heterocycles. The number of carbonyl (C=O) groups is 2. The van der Waals surface area contributed by atoms with Gasteiger partial charge in [-0.05, 0) is 0 Å². The molecule has 123 valence electrons. The molecule has 0 aromatic rings. The Bertz CT molecular complexity index is 277. The molecule has 0 fully saturated rings. The van der Waals surface area contributed by atoms with Gasteiger partial charge in [0.2, 0.25) is 0 Å². The van der Waals surface area contributed by atoms with E-state index in [-0.39, 0.29) is 29.9 Å². The van der Waals surface area contributed by atoms with Crippen molar-refractivity contribution in [3.63, 3.8) is 0 Å². The summed E-state index contributed by atoms with van der Waals surface area (Å²) in [4.78, 5) is 44.0. The van der Waals surface area contributed by atoms with Gasteiger partial charge in [-0.25, -0.2) is 0 Å². The normalized spacial score (nSPS) is 6.67. The summed E-state index contributed by atoms with van der Waals surface area (Å²) in [6.45, 7) is 0. The monoisotopic (exact) mass is 360 g/mol. The van der Waals surface area contributed by atoms with Gasteiger partial charge in [0, 0.05) is 0 Å². The Hall–Kier alpha value is -2.94. The summed E-state index contributed by atoms with van der Waals surface area (Å²) in [5.74, 6) is -2.15. The Morgan fingerprint density at radius 3 is 0.810 bits per heavy atom. The first-order valence-corrected chi connectivity index (χ1v) is 3.71. The molecule has 0 aliphatic rings. The van der Waals surface area contributed by atoms with Crippen molar-refractivity contribution in [1.82, 2.24) is 0 Å². The summed E-state index contributed by atoms with van der Waals surface area (Å²) >= 11 is 0. The Morgan fingerprint density at radius 2 is 0.762 bits per heavy atom. The molecule has 0 amide bonds. The Labute approximate surface area is 124 Å². The first kappa shape index (κ1) is 30.8. The molecular formula is C4H6FeN3O13. The van der Waals surface area contributed by atoms with Crippen molar-refractivity contribution < 1.29 is 52.1 Å². The first-order valence-electron chi connectivity index (χ1n) is 3.71. The molecule has 0 aromatic carbocycles. The van der Waals surface area contributed by atoms with Gasteiger partial charge in [0.15, 0.2) is 0 Å². The Balaban J connectivity index is -0.0000000570. The molecule has 0 aliphatic carbocycles. The number of aliphatic carboxylic acids is 2. The quantitative estimate of drug-likeness (QED) is 0.355. The second-order valence-electron chi connectivity index (χ2n) is 1.96. The van der Waals surface area contributed by atoms with Crippen molar-refractivity contribution in [2.75, 3.05) is 0 Å². The van der Waals surface area contributed by atoms with E-state index in [1.54, 1.807) is 0 Å². The summed E-state index contributed by atoms with van der Waals surface area (Å²) in [5, 5.41) is 60.0. The fourth-order valence-corrected chi connectivity index (χ4v) is 0.214. The predicted octanol–water partition coefficient (Wildman–Crippen LogP) is -0.784. The number of carboxylic acids is 2. The number of hydrogen-bond acceptors (Lipinski definition) is 11. The van der Waals surface area contributed by atoms with E-state index in [1.165, 1.54) is 0 Å². The third-order valence-electron chi connectivity index (χ3n) is 0.553. The molecule has 0 bridgehead atoms. The van der Waals surface area contributed by atoms with Gasteiger partial charge >= 0.3 is 29.0 Å². The maximum absolute atomic E-state index is 9.64. The van der Waals surface area contributed by atoms with Gasteiger partial charge in [0.05, 0.1) is 28.1 Å². The van der Waals surface area contributed by atoms with Gasteiger partial charge in [-0.2, -0.15) is 0 Å². The summed E-state index contributed by atoms with van der Waals surface area (Å²) < 4.78 is 0. The predicted molar refractivity (Wildman–Crippen MR) is 55.6 cm³/mol. The van der Waals surface area contributed by atoms with Gasteiger partial charge in [-0.3, -0.25) is 9.59 Å². The van der Waals surface area contributed by atoms with Gasteiger partial charge in [0.25, 0.3) is 0 Å². The van der Waals surface area contributed by atoms with Crippen LogP contribution in [0.25, 0.3) is 0 Å². The van der Waals surface area contributed by atoms with Gasteiger partial charge in [-0.1, -0.05) is 0 Å². The zero-order valence-electron chi connectivity index (χ0n) is 9.49. The van der Waals surface area contributed by atoms with Crippen molar-refractivity contribution in [3.05, 3.63) is 46.0 Å². The molecule has 1 radical (unpaired) electrons. The van der Waals surface area contributed by atoms with Crippen LogP contribution >= 0.6 is 0 Å². The van der Waals surface area contributed by atoms with E-state index >= 15 is 0 Å². The van der Waals surface area contributed by atoms with E-state index in [4.69, 9.17) is 56.2 Å². The van der Waals surface area contributed by atoms with E-state index in [1.807, 2.05) is 0 Å². The van der Waals surface area contributed by atoms with Crippen LogP contribution in [-0.2, 0) is 26.7 Å². The molecule has 16 nitrogen and oxygen atoms in total. The summed E-state index contributed by atoms with van der Waals surface area (Å²) in [5.41, 5.74) is 0. The van der Waals surface area contributed by atoms with Crippen LogP contribution in [0.5, 0.6) is 0 Å². The molecule has 0 aliphatic heterocycles. The van der Waals surface area contributed by atoms with Crippen molar-refractivity contribution in [3.8, 4) is 0 Å². The molecule has 0 spiro atoms. The second kappa shape index (κ2) is 22.3. The molecule has 2 N–H and O–H groups in total. The molecular weight excluding hydrogens is 354 g/mol. The minimum Gasteiger partial charge on any atom is -0.481 e. The third kappa shape index (κ3) is 912. The zero-order chi connectivity index (χ0) is 17.3.